The number of hydrogen-bond donors (Lipinski definition) is 2. The molecule has 7 heteroatoms. The predicted octanol–water partition coefficient (Wildman–Crippen LogP) is 1.91. The number of carboxylic acids is 1. The molecule has 20 heavy (non-hydrogen) atoms. The average molecular weight is 275 g/mol. The number of fused-ring (bicyclic) bond motifs is 1. The fourth-order valence-electron chi connectivity index (χ4n) is 1.98. The van der Waals surface area contributed by atoms with E-state index in [4.69, 9.17) is 5.11 Å². The number of rotatable bonds is 3. The van der Waals surface area contributed by atoms with Crippen LogP contribution in [0.15, 0.2) is 6.07 Å². The number of carbonyl (C=O) groups is 1. The number of aromatic nitrogens is 4. The Labute approximate surface area is 116 Å². The summed E-state index contributed by atoms with van der Waals surface area (Å²) in [5.74, 6) is 1.00. The lowest BCUT2D eigenvalue weighted by Gasteiger charge is -2.22. The van der Waals surface area contributed by atoms with Crippen LogP contribution in [-0.4, -0.2) is 36.2 Å². The van der Waals surface area contributed by atoms with Crippen molar-refractivity contribution in [2.75, 3.05) is 5.32 Å². The van der Waals surface area contributed by atoms with Gasteiger partial charge in [0.2, 0.25) is 0 Å². The summed E-state index contributed by atoms with van der Waals surface area (Å²) >= 11 is 0. The van der Waals surface area contributed by atoms with Crippen LogP contribution in [0.3, 0.4) is 0 Å². The highest BCUT2D eigenvalue weighted by molar-refractivity contribution is 5.86. The molecule has 1 aliphatic rings. The minimum absolute atomic E-state index is 0.0287. The van der Waals surface area contributed by atoms with Crippen LogP contribution in [0, 0.1) is 0 Å². The van der Waals surface area contributed by atoms with E-state index in [0.717, 1.165) is 18.7 Å². The number of nitrogens with one attached hydrogen (secondary N) is 1. The molecule has 2 N–H and O–H groups in total. The van der Waals surface area contributed by atoms with Crippen LogP contribution in [0.1, 0.15) is 55.8 Å². The molecule has 0 atom stereocenters. The van der Waals surface area contributed by atoms with Crippen LogP contribution >= 0.6 is 0 Å². The maximum Gasteiger partial charge on any atom is 0.354 e. The van der Waals surface area contributed by atoms with Crippen LogP contribution in [0.25, 0.3) is 5.78 Å². The van der Waals surface area contributed by atoms with Gasteiger partial charge in [0.25, 0.3) is 5.78 Å². The molecule has 3 rings (SSSR count). The Morgan fingerprint density at radius 3 is 2.65 bits per heavy atom. The van der Waals surface area contributed by atoms with Gasteiger partial charge in [0, 0.05) is 17.5 Å². The number of aromatic carboxylic acids is 1. The normalized spacial score (nSPS) is 15.6. The SMILES string of the molecule is CC(C)(C)Nc1cc(C(=O)O)nc2nc(C3CC3)nn12. The monoisotopic (exact) mass is 275 g/mol. The quantitative estimate of drug-likeness (QED) is 0.889. The Balaban J connectivity index is 2.15. The summed E-state index contributed by atoms with van der Waals surface area (Å²) in [6.07, 6.45) is 2.18. The topological polar surface area (TPSA) is 92.4 Å². The van der Waals surface area contributed by atoms with Gasteiger partial charge in [-0.3, -0.25) is 0 Å². The molecular weight excluding hydrogens is 258 g/mol. The molecule has 0 spiro atoms. The molecule has 2 aromatic rings. The van der Waals surface area contributed by atoms with E-state index in [9.17, 15) is 4.79 Å². The maximum absolute atomic E-state index is 11.2. The number of nitrogens with zero attached hydrogens (tertiary/aromatic N) is 4. The highest BCUT2D eigenvalue weighted by Gasteiger charge is 2.29. The summed E-state index contributed by atoms with van der Waals surface area (Å²) in [7, 11) is 0. The van der Waals surface area contributed by atoms with Crippen molar-refractivity contribution < 1.29 is 9.90 Å². The van der Waals surface area contributed by atoms with E-state index in [1.54, 1.807) is 4.52 Å². The van der Waals surface area contributed by atoms with Crippen molar-refractivity contribution in [1.82, 2.24) is 19.6 Å². The van der Waals surface area contributed by atoms with Crippen LogP contribution < -0.4 is 5.32 Å². The minimum atomic E-state index is -1.07. The van der Waals surface area contributed by atoms with E-state index in [2.05, 4.69) is 20.4 Å². The molecule has 106 valence electrons. The van der Waals surface area contributed by atoms with E-state index < -0.39 is 5.97 Å². The molecule has 0 bridgehead atoms. The minimum Gasteiger partial charge on any atom is -0.477 e. The van der Waals surface area contributed by atoms with E-state index in [0.29, 0.717) is 17.5 Å². The molecule has 7 nitrogen and oxygen atoms in total. The zero-order valence-corrected chi connectivity index (χ0v) is 11.7. The van der Waals surface area contributed by atoms with E-state index >= 15 is 0 Å². The molecule has 0 aromatic carbocycles. The lowest BCUT2D eigenvalue weighted by molar-refractivity contribution is 0.0690. The summed E-state index contributed by atoms with van der Waals surface area (Å²) < 4.78 is 1.59. The van der Waals surface area contributed by atoms with Gasteiger partial charge < -0.3 is 10.4 Å². The van der Waals surface area contributed by atoms with Crippen molar-refractivity contribution >= 4 is 17.6 Å². The third kappa shape index (κ3) is 2.43. The summed E-state index contributed by atoms with van der Waals surface area (Å²) in [5.41, 5.74) is -0.241. The molecule has 1 saturated carbocycles. The molecule has 0 unspecified atom stereocenters. The number of anilines is 1. The van der Waals surface area contributed by atoms with Crippen LogP contribution in [-0.2, 0) is 0 Å². The highest BCUT2D eigenvalue weighted by Crippen LogP contribution is 2.38. The number of hydrogen-bond acceptors (Lipinski definition) is 5. The lowest BCUT2D eigenvalue weighted by Crippen LogP contribution is -2.28. The molecule has 1 fully saturated rings. The van der Waals surface area contributed by atoms with Gasteiger partial charge in [-0.1, -0.05) is 0 Å². The summed E-state index contributed by atoms with van der Waals surface area (Å²) in [5, 5.41) is 16.8. The van der Waals surface area contributed by atoms with Gasteiger partial charge in [-0.2, -0.15) is 9.50 Å². The molecule has 0 amide bonds. The van der Waals surface area contributed by atoms with Crippen molar-refractivity contribution in [1.29, 1.82) is 0 Å². The van der Waals surface area contributed by atoms with Gasteiger partial charge in [0.05, 0.1) is 0 Å². The van der Waals surface area contributed by atoms with Gasteiger partial charge in [0.1, 0.15) is 5.82 Å². The van der Waals surface area contributed by atoms with Gasteiger partial charge in [0.15, 0.2) is 11.5 Å². The lowest BCUT2D eigenvalue weighted by atomic mass is 10.1. The van der Waals surface area contributed by atoms with Gasteiger partial charge in [-0.25, -0.2) is 9.78 Å². The van der Waals surface area contributed by atoms with Crippen molar-refractivity contribution in [3.63, 3.8) is 0 Å². The molecule has 2 heterocycles. The number of carboxylic acid groups (broad SMARTS) is 1. The van der Waals surface area contributed by atoms with Crippen LogP contribution in [0.4, 0.5) is 5.82 Å². The Bertz CT molecular complexity index is 682. The first kappa shape index (κ1) is 12.8. The first-order valence-electron chi connectivity index (χ1n) is 6.63. The summed E-state index contributed by atoms with van der Waals surface area (Å²) in [6, 6.07) is 1.49. The molecular formula is C13H17N5O2. The second-order valence-corrected chi connectivity index (χ2v) is 6.16. The van der Waals surface area contributed by atoms with Crippen LogP contribution in [0.2, 0.25) is 0 Å². The Hall–Kier alpha value is -2.18. The molecule has 0 saturated heterocycles. The first-order valence-corrected chi connectivity index (χ1v) is 6.63. The molecule has 0 aliphatic heterocycles. The second-order valence-electron chi connectivity index (χ2n) is 6.16. The second kappa shape index (κ2) is 4.16. The Morgan fingerprint density at radius 1 is 1.40 bits per heavy atom. The fourth-order valence-corrected chi connectivity index (χ4v) is 1.98. The standard InChI is InChI=1S/C13H17N5O2/c1-13(2,3)16-9-6-8(11(19)20)14-12-15-10(7-4-5-7)17-18(9)12/h6-7,16H,4-5H2,1-3H3,(H,19,20). The van der Waals surface area contributed by atoms with E-state index in [1.807, 2.05) is 20.8 Å². The maximum atomic E-state index is 11.2. The molecule has 0 radical (unpaired) electrons. The van der Waals surface area contributed by atoms with Crippen molar-refractivity contribution in [3.8, 4) is 0 Å². The third-order valence-corrected chi connectivity index (χ3v) is 2.99. The molecule has 1 aliphatic carbocycles. The first-order chi connectivity index (χ1) is 9.33. The van der Waals surface area contributed by atoms with E-state index in [-0.39, 0.29) is 11.2 Å². The van der Waals surface area contributed by atoms with Gasteiger partial charge in [-0.15, -0.1) is 5.10 Å². The average Bonchev–Trinajstić information content (AvgIpc) is 3.07. The van der Waals surface area contributed by atoms with Crippen molar-refractivity contribution in [3.05, 3.63) is 17.6 Å². The largest absolute Gasteiger partial charge is 0.477 e. The molecule has 2 aromatic heterocycles. The predicted molar refractivity (Wildman–Crippen MR) is 73.1 cm³/mol. The van der Waals surface area contributed by atoms with Gasteiger partial charge in [-0.05, 0) is 33.6 Å². The smallest absolute Gasteiger partial charge is 0.354 e. The van der Waals surface area contributed by atoms with Crippen LogP contribution in [0.5, 0.6) is 0 Å². The van der Waals surface area contributed by atoms with Gasteiger partial charge >= 0.3 is 5.97 Å². The zero-order valence-electron chi connectivity index (χ0n) is 11.7. The van der Waals surface area contributed by atoms with Crippen molar-refractivity contribution in [2.45, 2.75) is 45.1 Å². The summed E-state index contributed by atoms with van der Waals surface area (Å²) in [4.78, 5) is 19.6. The fraction of sp³-hybridized carbons (Fsp3) is 0.538. The summed E-state index contributed by atoms with van der Waals surface area (Å²) in [6.45, 7) is 6.00. The highest BCUT2D eigenvalue weighted by atomic mass is 16.4. The Morgan fingerprint density at radius 2 is 2.10 bits per heavy atom. The van der Waals surface area contributed by atoms with Crippen molar-refractivity contribution in [2.24, 2.45) is 0 Å². The Kier molecular flexibility index (Phi) is 2.67. The third-order valence-electron chi connectivity index (χ3n) is 2.99. The zero-order chi connectivity index (χ0) is 14.5. The van der Waals surface area contributed by atoms with E-state index in [1.165, 1.54) is 6.07 Å².